The summed E-state index contributed by atoms with van der Waals surface area (Å²) in [5.74, 6) is -1.42. The molecule has 2 aliphatic rings. The number of imide groups is 1. The summed E-state index contributed by atoms with van der Waals surface area (Å²) in [7, 11) is 1.87. The van der Waals surface area contributed by atoms with E-state index in [2.05, 4.69) is 4.98 Å². The van der Waals surface area contributed by atoms with E-state index in [9.17, 15) is 14.4 Å². The second kappa shape index (κ2) is 6.39. The fourth-order valence-electron chi connectivity index (χ4n) is 4.88. The molecule has 0 unspecified atom stereocenters. The van der Waals surface area contributed by atoms with Crippen molar-refractivity contribution in [2.75, 3.05) is 18.5 Å². The monoisotopic (exact) mass is 387 g/mol. The van der Waals surface area contributed by atoms with Crippen LogP contribution in [0.3, 0.4) is 0 Å². The topological polar surface area (TPSA) is 73.5 Å². The molecule has 2 aromatic carbocycles. The van der Waals surface area contributed by atoms with Crippen molar-refractivity contribution in [1.29, 1.82) is 0 Å². The molecule has 0 radical (unpaired) electrons. The fourth-order valence-corrected chi connectivity index (χ4v) is 4.88. The summed E-state index contributed by atoms with van der Waals surface area (Å²) in [4.78, 5) is 45.6. The van der Waals surface area contributed by atoms with Gasteiger partial charge in [-0.1, -0.05) is 36.4 Å². The quantitative estimate of drug-likeness (QED) is 0.686. The summed E-state index contributed by atoms with van der Waals surface area (Å²) in [6.07, 6.45) is 0. The first-order valence-electron chi connectivity index (χ1n) is 9.73. The Bertz CT molecular complexity index is 1200. The zero-order chi connectivity index (χ0) is 20.3. The average molecular weight is 387 g/mol. The summed E-state index contributed by atoms with van der Waals surface area (Å²) in [6.45, 7) is 2.40. The molecule has 6 heteroatoms. The van der Waals surface area contributed by atoms with Crippen molar-refractivity contribution in [3.63, 3.8) is 0 Å². The second-order valence-electron chi connectivity index (χ2n) is 7.96. The van der Waals surface area contributed by atoms with Gasteiger partial charge in [0.1, 0.15) is 0 Å². The molecule has 3 heterocycles. The van der Waals surface area contributed by atoms with E-state index in [0.717, 1.165) is 16.5 Å². The van der Waals surface area contributed by atoms with Crippen LogP contribution >= 0.6 is 0 Å². The molecule has 1 N–H and O–H groups in total. The molecular formula is C23H21N3O3. The lowest BCUT2D eigenvalue weighted by Gasteiger charge is -2.25. The molecule has 3 aromatic rings. The zero-order valence-corrected chi connectivity index (χ0v) is 16.3. The minimum Gasteiger partial charge on any atom is -0.321 e. The van der Waals surface area contributed by atoms with E-state index in [0.29, 0.717) is 17.8 Å². The molecule has 2 amide bonds. The van der Waals surface area contributed by atoms with Crippen LogP contribution in [0.2, 0.25) is 0 Å². The number of carbonyl (C=O) groups is 2. The van der Waals surface area contributed by atoms with Gasteiger partial charge in [0.05, 0.1) is 29.1 Å². The van der Waals surface area contributed by atoms with Gasteiger partial charge in [-0.3, -0.25) is 19.3 Å². The Balaban J connectivity index is 1.61. The molecule has 1 aromatic heterocycles. The second-order valence-corrected chi connectivity index (χ2v) is 7.96. The number of nitrogens with zero attached hydrogens (tertiary/aromatic N) is 2. The first kappa shape index (κ1) is 17.8. The smallest absolute Gasteiger partial charge is 0.253 e. The molecular weight excluding hydrogens is 366 g/mol. The van der Waals surface area contributed by atoms with E-state index in [1.807, 2.05) is 61.3 Å². The van der Waals surface area contributed by atoms with Gasteiger partial charge >= 0.3 is 0 Å². The first-order chi connectivity index (χ1) is 14.0. The number of anilines is 1. The third kappa shape index (κ3) is 2.56. The lowest BCUT2D eigenvalue weighted by atomic mass is 9.88. The maximum atomic E-state index is 13.3. The van der Waals surface area contributed by atoms with E-state index in [4.69, 9.17) is 0 Å². The van der Waals surface area contributed by atoms with Crippen molar-refractivity contribution in [1.82, 2.24) is 9.88 Å². The van der Waals surface area contributed by atoms with E-state index in [1.54, 1.807) is 12.1 Å². The number of fused-ring (bicyclic) bond motifs is 2. The highest BCUT2D eigenvalue weighted by Gasteiger charge is 2.57. The van der Waals surface area contributed by atoms with Crippen LogP contribution in [0, 0.1) is 18.8 Å². The van der Waals surface area contributed by atoms with Crippen LogP contribution in [0.25, 0.3) is 10.9 Å². The summed E-state index contributed by atoms with van der Waals surface area (Å²) in [5, 5.41) is 0.924. The maximum Gasteiger partial charge on any atom is 0.253 e. The van der Waals surface area contributed by atoms with Gasteiger partial charge in [0.15, 0.2) is 0 Å². The van der Waals surface area contributed by atoms with Crippen LogP contribution in [-0.4, -0.2) is 35.3 Å². The highest BCUT2D eigenvalue weighted by Crippen LogP contribution is 2.46. The van der Waals surface area contributed by atoms with E-state index >= 15 is 0 Å². The number of para-hydroxylation sites is 2. The number of benzene rings is 2. The SMILES string of the molecule is Cc1cccc2cc([C@@H]3[C@H]4C(=O)N(c5ccccc5)C(=O)[C@H]4CN3C)c(=O)[nH]c12. The lowest BCUT2D eigenvalue weighted by molar-refractivity contribution is -0.123. The zero-order valence-electron chi connectivity index (χ0n) is 16.3. The molecule has 5 rings (SSSR count). The summed E-state index contributed by atoms with van der Waals surface area (Å²) >= 11 is 0. The largest absolute Gasteiger partial charge is 0.321 e. The van der Waals surface area contributed by atoms with E-state index in [-0.39, 0.29) is 17.4 Å². The van der Waals surface area contributed by atoms with Crippen molar-refractivity contribution >= 4 is 28.4 Å². The summed E-state index contributed by atoms with van der Waals surface area (Å²) < 4.78 is 0. The van der Waals surface area contributed by atoms with Gasteiger partial charge in [0.25, 0.3) is 5.56 Å². The fraction of sp³-hybridized carbons (Fsp3) is 0.261. The van der Waals surface area contributed by atoms with Gasteiger partial charge in [-0.25, -0.2) is 4.90 Å². The summed E-state index contributed by atoms with van der Waals surface area (Å²) in [5.41, 5.74) is 2.71. The third-order valence-corrected chi connectivity index (χ3v) is 6.23. The van der Waals surface area contributed by atoms with Crippen LogP contribution in [0.15, 0.2) is 59.4 Å². The normalized spacial score (nSPS) is 24.5. The number of H-pyrrole nitrogens is 1. The van der Waals surface area contributed by atoms with Crippen molar-refractivity contribution in [3.05, 3.63) is 76.1 Å². The number of aromatic nitrogens is 1. The van der Waals surface area contributed by atoms with Gasteiger partial charge in [-0.15, -0.1) is 0 Å². The van der Waals surface area contributed by atoms with Crippen LogP contribution in [0.4, 0.5) is 5.69 Å². The molecule has 29 heavy (non-hydrogen) atoms. The molecule has 146 valence electrons. The van der Waals surface area contributed by atoms with Gasteiger partial charge < -0.3 is 4.98 Å². The minimum absolute atomic E-state index is 0.186. The van der Waals surface area contributed by atoms with Crippen LogP contribution < -0.4 is 10.5 Å². The third-order valence-electron chi connectivity index (χ3n) is 6.23. The average Bonchev–Trinajstić information content (AvgIpc) is 3.17. The van der Waals surface area contributed by atoms with Crippen molar-refractivity contribution in [2.24, 2.45) is 11.8 Å². The highest BCUT2D eigenvalue weighted by molar-refractivity contribution is 6.22. The van der Waals surface area contributed by atoms with E-state index in [1.165, 1.54) is 4.90 Å². The Hall–Kier alpha value is -3.25. The Morgan fingerprint density at radius 1 is 0.966 bits per heavy atom. The molecule has 0 spiro atoms. The number of aromatic amines is 1. The molecule has 2 aliphatic heterocycles. The number of aryl methyl sites for hydroxylation is 1. The Morgan fingerprint density at radius 2 is 1.72 bits per heavy atom. The molecule has 2 saturated heterocycles. The molecule has 2 fully saturated rings. The number of pyridine rings is 1. The number of hydrogen-bond acceptors (Lipinski definition) is 4. The number of likely N-dealkylation sites (tertiary alicyclic amines) is 1. The van der Waals surface area contributed by atoms with Crippen molar-refractivity contribution < 1.29 is 9.59 Å². The summed E-state index contributed by atoms with van der Waals surface area (Å²) in [6, 6.07) is 16.3. The molecule has 6 nitrogen and oxygen atoms in total. The Labute approximate surface area is 167 Å². The van der Waals surface area contributed by atoms with Crippen LogP contribution in [-0.2, 0) is 9.59 Å². The lowest BCUT2D eigenvalue weighted by Crippen LogP contribution is -2.37. The van der Waals surface area contributed by atoms with Gasteiger partial charge in [-0.05, 0) is 43.1 Å². The number of carbonyl (C=O) groups excluding carboxylic acids is 2. The van der Waals surface area contributed by atoms with Crippen LogP contribution in [0.5, 0.6) is 0 Å². The number of amides is 2. The first-order valence-corrected chi connectivity index (χ1v) is 9.73. The van der Waals surface area contributed by atoms with E-state index < -0.39 is 17.9 Å². The predicted molar refractivity (Wildman–Crippen MR) is 111 cm³/mol. The molecule has 0 aliphatic carbocycles. The van der Waals surface area contributed by atoms with Crippen LogP contribution in [0.1, 0.15) is 17.2 Å². The van der Waals surface area contributed by atoms with Gasteiger partial charge in [-0.2, -0.15) is 0 Å². The number of rotatable bonds is 2. The highest BCUT2D eigenvalue weighted by atomic mass is 16.2. The maximum absolute atomic E-state index is 13.3. The standard InChI is InChI=1S/C23H21N3O3/c1-13-7-6-8-14-11-16(21(27)24-19(13)14)20-18-17(12-25(20)2)22(28)26(23(18)29)15-9-4-3-5-10-15/h3-11,17-18,20H,12H2,1-2H3,(H,24,27)/t17-,18-,20+/m0/s1. The van der Waals surface area contributed by atoms with Crippen molar-refractivity contribution in [3.8, 4) is 0 Å². The molecule has 3 atom stereocenters. The van der Waals surface area contributed by atoms with Gasteiger partial charge in [0.2, 0.25) is 11.8 Å². The Kier molecular flexibility index (Phi) is 3.93. The molecule has 0 saturated carbocycles. The minimum atomic E-state index is -0.559. The number of nitrogens with one attached hydrogen (secondary N) is 1. The van der Waals surface area contributed by atoms with Gasteiger partial charge in [0, 0.05) is 12.1 Å². The molecule has 0 bridgehead atoms. The Morgan fingerprint density at radius 3 is 2.48 bits per heavy atom. The van der Waals surface area contributed by atoms with Crippen molar-refractivity contribution in [2.45, 2.75) is 13.0 Å². The number of hydrogen-bond donors (Lipinski definition) is 1. The predicted octanol–water partition coefficient (Wildman–Crippen LogP) is 2.63.